The third-order valence-corrected chi connectivity index (χ3v) is 6.46. The number of rotatable bonds is 3. The average molecular weight is 454 g/mol. The van der Waals surface area contributed by atoms with Crippen LogP contribution >= 0.6 is 35.7 Å². The number of nitrogens with zero attached hydrogens (tertiary/aromatic N) is 3. The molecule has 0 spiro atoms. The number of likely N-dealkylation sites (tertiary alicyclic amines) is 1. The Bertz CT molecular complexity index is 376. The van der Waals surface area contributed by atoms with Crippen molar-refractivity contribution in [2.24, 2.45) is 10.7 Å². The number of guanidine groups is 1. The molecule has 2 N–H and O–H groups in total. The molecule has 3 aliphatic heterocycles. The van der Waals surface area contributed by atoms with Gasteiger partial charge in [0.05, 0.1) is 25.3 Å². The highest BCUT2D eigenvalue weighted by Crippen LogP contribution is 2.34. The Morgan fingerprint density at radius 3 is 2.39 bits per heavy atom. The summed E-state index contributed by atoms with van der Waals surface area (Å²) in [7, 11) is 0. The second kappa shape index (κ2) is 9.68. The standard InChI is InChI=1S/C16H30N4OS.HI/c17-15(19-6-3-1-2-4-7-19)18-13-16(5-12-22-14-16)20-8-10-21-11-9-20;/h1-14H2,(H2,17,18);1H. The smallest absolute Gasteiger partial charge is 0.191 e. The van der Waals surface area contributed by atoms with Crippen molar-refractivity contribution >= 4 is 41.7 Å². The van der Waals surface area contributed by atoms with E-state index < -0.39 is 0 Å². The van der Waals surface area contributed by atoms with Crippen LogP contribution in [0.25, 0.3) is 0 Å². The van der Waals surface area contributed by atoms with Crippen molar-refractivity contribution in [1.29, 1.82) is 0 Å². The third-order valence-electron chi connectivity index (χ3n) is 5.23. The van der Waals surface area contributed by atoms with Crippen LogP contribution in [-0.4, -0.2) is 78.7 Å². The molecule has 0 aromatic rings. The second-order valence-corrected chi connectivity index (χ2v) is 7.81. The molecule has 0 aromatic carbocycles. The Balaban J connectivity index is 0.00000192. The quantitative estimate of drug-likeness (QED) is 0.402. The van der Waals surface area contributed by atoms with Crippen molar-refractivity contribution in [3.05, 3.63) is 0 Å². The van der Waals surface area contributed by atoms with Crippen molar-refractivity contribution in [2.75, 3.05) is 57.4 Å². The van der Waals surface area contributed by atoms with Crippen LogP contribution in [0.1, 0.15) is 32.1 Å². The minimum atomic E-state index is 0. The van der Waals surface area contributed by atoms with Crippen LogP contribution in [0.2, 0.25) is 0 Å². The summed E-state index contributed by atoms with van der Waals surface area (Å²) in [6.45, 7) is 6.81. The molecule has 0 amide bonds. The molecule has 7 heteroatoms. The van der Waals surface area contributed by atoms with E-state index in [1.54, 1.807) is 0 Å². The Hall–Kier alpha value is 0.270. The highest BCUT2D eigenvalue weighted by molar-refractivity contribution is 14.0. The van der Waals surface area contributed by atoms with E-state index in [0.717, 1.165) is 51.9 Å². The zero-order valence-electron chi connectivity index (χ0n) is 14.0. The molecule has 3 heterocycles. The van der Waals surface area contributed by atoms with E-state index in [9.17, 15) is 0 Å². The molecule has 0 aromatic heterocycles. The number of nitrogens with two attached hydrogens (primary N) is 1. The van der Waals surface area contributed by atoms with E-state index in [2.05, 4.69) is 21.6 Å². The van der Waals surface area contributed by atoms with E-state index in [0.29, 0.717) is 0 Å². The number of aliphatic imine (C=N–C) groups is 1. The normalized spacial score (nSPS) is 30.8. The van der Waals surface area contributed by atoms with Gasteiger partial charge in [0.25, 0.3) is 0 Å². The van der Waals surface area contributed by atoms with Gasteiger partial charge in [-0.1, -0.05) is 12.8 Å². The lowest BCUT2D eigenvalue weighted by Crippen LogP contribution is -2.56. The molecule has 5 nitrogen and oxygen atoms in total. The maximum absolute atomic E-state index is 6.31. The summed E-state index contributed by atoms with van der Waals surface area (Å²) in [4.78, 5) is 9.74. The largest absolute Gasteiger partial charge is 0.379 e. The molecule has 134 valence electrons. The van der Waals surface area contributed by atoms with E-state index >= 15 is 0 Å². The van der Waals surface area contributed by atoms with Gasteiger partial charge in [-0.15, -0.1) is 24.0 Å². The molecule has 0 aliphatic carbocycles. The van der Waals surface area contributed by atoms with Crippen LogP contribution in [0, 0.1) is 0 Å². The summed E-state index contributed by atoms with van der Waals surface area (Å²) in [5.74, 6) is 3.20. The average Bonchev–Trinajstić information content (AvgIpc) is 2.88. The van der Waals surface area contributed by atoms with Crippen molar-refractivity contribution in [3.8, 4) is 0 Å². The first-order chi connectivity index (χ1) is 10.8. The molecule has 3 saturated heterocycles. The highest BCUT2D eigenvalue weighted by atomic mass is 127. The van der Waals surface area contributed by atoms with Crippen molar-refractivity contribution < 1.29 is 4.74 Å². The number of hydrogen-bond acceptors (Lipinski definition) is 4. The first-order valence-corrected chi connectivity index (χ1v) is 9.91. The number of morpholine rings is 1. The predicted octanol–water partition coefficient (Wildman–Crippen LogP) is 2.00. The maximum atomic E-state index is 6.31. The number of thioether (sulfide) groups is 1. The lowest BCUT2D eigenvalue weighted by molar-refractivity contribution is -0.0104. The minimum absolute atomic E-state index is 0. The summed E-state index contributed by atoms with van der Waals surface area (Å²) < 4.78 is 5.52. The summed E-state index contributed by atoms with van der Waals surface area (Å²) in [6, 6.07) is 0. The number of hydrogen-bond donors (Lipinski definition) is 1. The zero-order valence-corrected chi connectivity index (χ0v) is 17.2. The first-order valence-electron chi connectivity index (χ1n) is 8.76. The number of halogens is 1. The fourth-order valence-corrected chi connectivity index (χ4v) is 5.20. The van der Waals surface area contributed by atoms with Crippen LogP contribution in [0.15, 0.2) is 4.99 Å². The van der Waals surface area contributed by atoms with Gasteiger partial charge in [0, 0.05) is 31.9 Å². The van der Waals surface area contributed by atoms with Crippen LogP contribution in [0.3, 0.4) is 0 Å². The van der Waals surface area contributed by atoms with Gasteiger partial charge in [-0.3, -0.25) is 9.89 Å². The summed E-state index contributed by atoms with van der Waals surface area (Å²) in [5, 5.41) is 0. The van der Waals surface area contributed by atoms with Gasteiger partial charge in [0.1, 0.15) is 0 Å². The Kier molecular flexibility index (Phi) is 8.24. The molecule has 1 unspecified atom stereocenters. The summed E-state index contributed by atoms with van der Waals surface area (Å²) >= 11 is 2.06. The molecule has 3 aliphatic rings. The van der Waals surface area contributed by atoms with Gasteiger partial charge < -0.3 is 15.4 Å². The molecule has 0 saturated carbocycles. The van der Waals surface area contributed by atoms with Crippen molar-refractivity contribution in [2.45, 2.75) is 37.6 Å². The second-order valence-electron chi connectivity index (χ2n) is 6.70. The third kappa shape index (κ3) is 5.12. The molecule has 3 rings (SSSR count). The molecule has 0 bridgehead atoms. The number of ether oxygens (including phenoxy) is 1. The van der Waals surface area contributed by atoms with Gasteiger partial charge in [-0.2, -0.15) is 11.8 Å². The van der Waals surface area contributed by atoms with Crippen molar-refractivity contribution in [3.63, 3.8) is 0 Å². The van der Waals surface area contributed by atoms with Crippen LogP contribution in [0.4, 0.5) is 0 Å². The van der Waals surface area contributed by atoms with E-state index in [1.807, 2.05) is 0 Å². The molecule has 1 atom stereocenters. The molecule has 0 radical (unpaired) electrons. The van der Waals surface area contributed by atoms with Gasteiger partial charge in [-0.05, 0) is 25.0 Å². The van der Waals surface area contributed by atoms with Crippen LogP contribution in [-0.2, 0) is 4.74 Å². The monoisotopic (exact) mass is 454 g/mol. The fraction of sp³-hybridized carbons (Fsp3) is 0.938. The molecule has 3 fully saturated rings. The Labute approximate surface area is 161 Å². The lowest BCUT2D eigenvalue weighted by Gasteiger charge is -2.42. The van der Waals surface area contributed by atoms with Gasteiger partial charge in [-0.25, -0.2) is 0 Å². The van der Waals surface area contributed by atoms with Crippen LogP contribution in [0.5, 0.6) is 0 Å². The minimum Gasteiger partial charge on any atom is -0.379 e. The lowest BCUT2D eigenvalue weighted by atomic mass is 9.96. The van der Waals surface area contributed by atoms with Crippen molar-refractivity contribution in [1.82, 2.24) is 9.80 Å². The first kappa shape index (κ1) is 19.6. The predicted molar refractivity (Wildman–Crippen MR) is 109 cm³/mol. The molecular formula is C16H31IN4OS. The highest BCUT2D eigenvalue weighted by Gasteiger charge is 2.40. The summed E-state index contributed by atoms with van der Waals surface area (Å²) in [5.41, 5.74) is 6.52. The zero-order chi connectivity index (χ0) is 15.3. The topological polar surface area (TPSA) is 54.1 Å². The Morgan fingerprint density at radius 1 is 1.09 bits per heavy atom. The SMILES string of the molecule is I.NC(=NCC1(N2CCOCC2)CCSC1)N1CCCCCC1. The summed E-state index contributed by atoms with van der Waals surface area (Å²) in [6.07, 6.45) is 6.39. The molecular weight excluding hydrogens is 423 g/mol. The Morgan fingerprint density at radius 2 is 1.78 bits per heavy atom. The van der Waals surface area contributed by atoms with E-state index in [-0.39, 0.29) is 29.5 Å². The fourth-order valence-electron chi connectivity index (χ4n) is 3.74. The van der Waals surface area contributed by atoms with Gasteiger partial charge >= 0.3 is 0 Å². The van der Waals surface area contributed by atoms with E-state index in [4.69, 9.17) is 15.5 Å². The van der Waals surface area contributed by atoms with E-state index in [1.165, 1.54) is 43.6 Å². The van der Waals surface area contributed by atoms with Gasteiger partial charge in [0.2, 0.25) is 0 Å². The van der Waals surface area contributed by atoms with Gasteiger partial charge in [0.15, 0.2) is 5.96 Å². The molecule has 23 heavy (non-hydrogen) atoms. The maximum Gasteiger partial charge on any atom is 0.191 e. The van der Waals surface area contributed by atoms with Crippen LogP contribution < -0.4 is 5.73 Å².